The topological polar surface area (TPSA) is 78.9 Å². The van der Waals surface area contributed by atoms with Gasteiger partial charge in [-0.25, -0.2) is 0 Å². The van der Waals surface area contributed by atoms with Crippen molar-refractivity contribution in [2.45, 2.75) is 42.6 Å². The van der Waals surface area contributed by atoms with E-state index in [1.165, 1.54) is 18.4 Å². The van der Waals surface area contributed by atoms with Crippen molar-refractivity contribution < 1.29 is 9.15 Å². The van der Waals surface area contributed by atoms with Crippen LogP contribution in [0.4, 0.5) is 0 Å². The Balaban J connectivity index is 1.35. The first kappa shape index (κ1) is 19.8. The van der Waals surface area contributed by atoms with Crippen LogP contribution in [0.2, 0.25) is 0 Å². The maximum atomic E-state index is 5.96. The third kappa shape index (κ3) is 4.34. The molecule has 0 amide bonds. The van der Waals surface area contributed by atoms with Gasteiger partial charge in [0.25, 0.3) is 0 Å². The van der Waals surface area contributed by atoms with Crippen LogP contribution in [-0.2, 0) is 6.54 Å². The van der Waals surface area contributed by atoms with Crippen molar-refractivity contribution in [3.63, 3.8) is 0 Å². The molecular formula is C23H23N5O2S. The smallest absolute Gasteiger partial charge is 0.247 e. The Morgan fingerprint density at radius 1 is 1.03 bits per heavy atom. The molecule has 0 N–H and O–H groups in total. The van der Waals surface area contributed by atoms with Crippen LogP contribution >= 0.6 is 11.8 Å². The highest BCUT2D eigenvalue weighted by atomic mass is 32.2. The Labute approximate surface area is 184 Å². The molecule has 7 nitrogen and oxygen atoms in total. The molecule has 1 saturated carbocycles. The van der Waals surface area contributed by atoms with Crippen LogP contribution in [0.3, 0.4) is 0 Å². The van der Waals surface area contributed by atoms with Gasteiger partial charge in [-0.3, -0.25) is 0 Å². The average molecular weight is 434 g/mol. The molecule has 2 heterocycles. The molecule has 0 spiro atoms. The third-order valence-electron chi connectivity index (χ3n) is 5.28. The molecule has 0 unspecified atom stereocenters. The van der Waals surface area contributed by atoms with Gasteiger partial charge in [-0.1, -0.05) is 42.1 Å². The standard InChI is InChI=1S/C23H23N5O2S/c1-15(21-25-26-22(30-21)18-10-12-19(29-2)13-11-18)31-23-27-24-20(17-8-9-17)28(23)14-16-6-4-3-5-7-16/h3-7,10-13,15,17H,8-9,14H2,1-2H3/t15-/m0/s1. The van der Waals surface area contributed by atoms with Crippen LogP contribution in [0.1, 0.15) is 48.2 Å². The van der Waals surface area contributed by atoms with Crippen LogP contribution in [0.25, 0.3) is 11.5 Å². The van der Waals surface area contributed by atoms with Gasteiger partial charge in [0.15, 0.2) is 5.16 Å². The summed E-state index contributed by atoms with van der Waals surface area (Å²) in [6.07, 6.45) is 2.37. The Morgan fingerprint density at radius 2 is 1.81 bits per heavy atom. The minimum absolute atomic E-state index is 0.0507. The van der Waals surface area contributed by atoms with Crippen molar-refractivity contribution in [2.24, 2.45) is 0 Å². The zero-order valence-corrected chi connectivity index (χ0v) is 18.2. The van der Waals surface area contributed by atoms with Crippen molar-refractivity contribution in [2.75, 3.05) is 7.11 Å². The van der Waals surface area contributed by atoms with E-state index < -0.39 is 0 Å². The van der Waals surface area contributed by atoms with Crippen molar-refractivity contribution in [3.05, 3.63) is 71.9 Å². The summed E-state index contributed by atoms with van der Waals surface area (Å²) in [4.78, 5) is 0. The predicted molar refractivity (Wildman–Crippen MR) is 118 cm³/mol. The van der Waals surface area contributed by atoms with E-state index in [-0.39, 0.29) is 5.25 Å². The molecule has 0 saturated heterocycles. The second-order valence-electron chi connectivity index (χ2n) is 7.62. The number of hydrogen-bond acceptors (Lipinski definition) is 7. The molecule has 5 rings (SSSR count). The summed E-state index contributed by atoms with van der Waals surface area (Å²) in [5.74, 6) is 3.44. The van der Waals surface area contributed by atoms with Gasteiger partial charge < -0.3 is 13.7 Å². The largest absolute Gasteiger partial charge is 0.497 e. The number of nitrogens with zero attached hydrogens (tertiary/aromatic N) is 5. The molecule has 158 valence electrons. The van der Waals surface area contributed by atoms with E-state index in [1.54, 1.807) is 18.9 Å². The highest BCUT2D eigenvalue weighted by molar-refractivity contribution is 7.99. The van der Waals surface area contributed by atoms with E-state index in [0.29, 0.717) is 17.7 Å². The Kier molecular flexibility index (Phi) is 5.46. The number of thioether (sulfide) groups is 1. The van der Waals surface area contributed by atoms with Crippen LogP contribution in [-0.4, -0.2) is 32.1 Å². The van der Waals surface area contributed by atoms with E-state index in [2.05, 4.69) is 49.2 Å². The van der Waals surface area contributed by atoms with Gasteiger partial charge in [0, 0.05) is 11.5 Å². The molecule has 1 fully saturated rings. The lowest BCUT2D eigenvalue weighted by molar-refractivity contribution is 0.415. The van der Waals surface area contributed by atoms with E-state index in [9.17, 15) is 0 Å². The van der Waals surface area contributed by atoms with E-state index in [0.717, 1.165) is 28.8 Å². The van der Waals surface area contributed by atoms with Gasteiger partial charge in [-0.15, -0.1) is 20.4 Å². The highest BCUT2D eigenvalue weighted by Gasteiger charge is 2.31. The maximum Gasteiger partial charge on any atom is 0.247 e. The first-order valence-corrected chi connectivity index (χ1v) is 11.2. The van der Waals surface area contributed by atoms with Gasteiger partial charge in [0.2, 0.25) is 11.8 Å². The predicted octanol–water partition coefficient (Wildman–Crippen LogP) is 5.12. The molecule has 8 heteroatoms. The molecular weight excluding hydrogens is 410 g/mol. The normalized spacial score (nSPS) is 14.5. The van der Waals surface area contributed by atoms with Crippen LogP contribution in [0.5, 0.6) is 5.75 Å². The number of hydrogen-bond donors (Lipinski definition) is 0. The van der Waals surface area contributed by atoms with Gasteiger partial charge in [0.1, 0.15) is 11.6 Å². The molecule has 2 aromatic heterocycles. The second kappa shape index (κ2) is 8.55. The average Bonchev–Trinajstić information content (AvgIpc) is 3.40. The summed E-state index contributed by atoms with van der Waals surface area (Å²) in [6.45, 7) is 2.81. The summed E-state index contributed by atoms with van der Waals surface area (Å²) in [5.41, 5.74) is 2.10. The summed E-state index contributed by atoms with van der Waals surface area (Å²) in [6, 6.07) is 18.0. The molecule has 1 aliphatic carbocycles. The SMILES string of the molecule is COc1ccc(-c2nnc([C@H](C)Sc3nnc(C4CC4)n3Cc3ccccc3)o2)cc1. The zero-order valence-electron chi connectivity index (χ0n) is 17.4. The molecule has 4 aromatic rings. The van der Waals surface area contributed by atoms with Crippen molar-refractivity contribution in [3.8, 4) is 17.2 Å². The molecule has 0 radical (unpaired) electrons. The second-order valence-corrected chi connectivity index (χ2v) is 8.93. The molecule has 0 aliphatic heterocycles. The lowest BCUT2D eigenvalue weighted by Crippen LogP contribution is -2.06. The molecule has 2 aromatic carbocycles. The molecule has 0 bridgehead atoms. The zero-order chi connectivity index (χ0) is 21.2. The number of aromatic nitrogens is 5. The number of methoxy groups -OCH3 is 1. The maximum absolute atomic E-state index is 5.96. The minimum Gasteiger partial charge on any atom is -0.497 e. The van der Waals surface area contributed by atoms with Gasteiger partial charge in [-0.2, -0.15) is 0 Å². The minimum atomic E-state index is -0.0507. The quantitative estimate of drug-likeness (QED) is 0.357. The monoisotopic (exact) mass is 433 g/mol. The van der Waals surface area contributed by atoms with Gasteiger partial charge in [-0.05, 0) is 49.6 Å². The van der Waals surface area contributed by atoms with Gasteiger partial charge in [0.05, 0.1) is 18.9 Å². The summed E-state index contributed by atoms with van der Waals surface area (Å²) in [7, 11) is 1.64. The molecule has 31 heavy (non-hydrogen) atoms. The lowest BCUT2D eigenvalue weighted by Gasteiger charge is -2.11. The lowest BCUT2D eigenvalue weighted by atomic mass is 10.2. The first-order chi connectivity index (χ1) is 15.2. The van der Waals surface area contributed by atoms with Crippen molar-refractivity contribution >= 4 is 11.8 Å². The summed E-state index contributed by atoms with van der Waals surface area (Å²) >= 11 is 1.60. The third-order valence-corrected chi connectivity index (χ3v) is 6.35. The number of benzene rings is 2. The van der Waals surface area contributed by atoms with Crippen LogP contribution in [0, 0.1) is 0 Å². The summed E-state index contributed by atoms with van der Waals surface area (Å²) in [5, 5.41) is 18.3. The molecule has 1 aliphatic rings. The number of rotatable bonds is 8. The molecule has 1 atom stereocenters. The Hall–Kier alpha value is -3.13. The fraction of sp³-hybridized carbons (Fsp3) is 0.304. The fourth-order valence-electron chi connectivity index (χ4n) is 3.40. The van der Waals surface area contributed by atoms with E-state index >= 15 is 0 Å². The fourth-order valence-corrected chi connectivity index (χ4v) is 4.29. The highest BCUT2D eigenvalue weighted by Crippen LogP contribution is 2.42. The van der Waals surface area contributed by atoms with E-state index in [1.807, 2.05) is 37.3 Å². The van der Waals surface area contributed by atoms with Crippen molar-refractivity contribution in [1.82, 2.24) is 25.0 Å². The van der Waals surface area contributed by atoms with Crippen LogP contribution < -0.4 is 4.74 Å². The Morgan fingerprint density at radius 3 is 2.52 bits per heavy atom. The van der Waals surface area contributed by atoms with Crippen LogP contribution in [0.15, 0.2) is 64.2 Å². The van der Waals surface area contributed by atoms with E-state index in [4.69, 9.17) is 9.15 Å². The van der Waals surface area contributed by atoms with Crippen molar-refractivity contribution in [1.29, 1.82) is 0 Å². The summed E-state index contributed by atoms with van der Waals surface area (Å²) < 4.78 is 13.4. The first-order valence-electron chi connectivity index (χ1n) is 10.3. The van der Waals surface area contributed by atoms with Gasteiger partial charge >= 0.3 is 0 Å². The Bertz CT molecular complexity index is 1150. The number of ether oxygens (including phenoxy) is 1.